The van der Waals surface area contributed by atoms with Gasteiger partial charge in [-0.3, -0.25) is 9.78 Å². The van der Waals surface area contributed by atoms with Crippen LogP contribution in [0.15, 0.2) is 31.0 Å². The first kappa shape index (κ1) is 16.6. The minimum atomic E-state index is -0.0306. The number of nitrogens with zero attached hydrogens (tertiary/aromatic N) is 5. The van der Waals surface area contributed by atoms with Gasteiger partial charge in [-0.1, -0.05) is 0 Å². The van der Waals surface area contributed by atoms with Crippen LogP contribution in [0.3, 0.4) is 0 Å². The third-order valence-electron chi connectivity index (χ3n) is 4.42. The number of amides is 1. The van der Waals surface area contributed by atoms with E-state index in [1.54, 1.807) is 12.4 Å². The summed E-state index contributed by atoms with van der Waals surface area (Å²) in [5.74, 6) is 1.03. The van der Waals surface area contributed by atoms with E-state index in [1.807, 2.05) is 17.3 Å². The predicted octanol–water partition coefficient (Wildman–Crippen LogP) is 1.65. The molecule has 128 valence electrons. The van der Waals surface area contributed by atoms with Crippen LogP contribution < -0.4 is 5.32 Å². The number of imidazole rings is 1. The maximum absolute atomic E-state index is 12.4. The summed E-state index contributed by atoms with van der Waals surface area (Å²) in [6.07, 6.45) is 10.4. The summed E-state index contributed by atoms with van der Waals surface area (Å²) >= 11 is 0. The maximum atomic E-state index is 12.4. The maximum Gasteiger partial charge on any atom is 0.274 e. The zero-order valence-electron chi connectivity index (χ0n) is 14.2. The van der Waals surface area contributed by atoms with Gasteiger partial charge in [0.1, 0.15) is 11.5 Å². The first-order chi connectivity index (χ1) is 11.6. The number of hydrogen-bond acceptors (Lipinski definition) is 5. The van der Waals surface area contributed by atoms with Gasteiger partial charge >= 0.3 is 0 Å². The molecule has 0 spiro atoms. The third kappa shape index (κ3) is 3.79. The molecular weight excluding hydrogens is 304 g/mol. The molecule has 0 unspecified atom stereocenters. The van der Waals surface area contributed by atoms with E-state index in [9.17, 15) is 4.79 Å². The van der Waals surface area contributed by atoms with Crippen molar-refractivity contribution in [1.29, 1.82) is 0 Å². The molecule has 1 fully saturated rings. The average molecular weight is 328 g/mol. The van der Waals surface area contributed by atoms with E-state index in [4.69, 9.17) is 0 Å². The highest BCUT2D eigenvalue weighted by Gasteiger charge is 2.24. The highest BCUT2D eigenvalue weighted by Crippen LogP contribution is 2.14. The van der Waals surface area contributed by atoms with E-state index in [1.165, 1.54) is 6.20 Å². The van der Waals surface area contributed by atoms with Crippen LogP contribution in [0.5, 0.6) is 0 Å². The number of carbonyl (C=O) groups excluding carboxylic acids is 1. The van der Waals surface area contributed by atoms with E-state index in [0.29, 0.717) is 17.8 Å². The van der Waals surface area contributed by atoms with Crippen LogP contribution >= 0.6 is 0 Å². The van der Waals surface area contributed by atoms with Gasteiger partial charge < -0.3 is 14.8 Å². The zero-order chi connectivity index (χ0) is 16.9. The second kappa shape index (κ2) is 7.53. The molecule has 7 heteroatoms. The van der Waals surface area contributed by atoms with E-state index >= 15 is 0 Å². The Bertz CT molecular complexity index is 661. The lowest BCUT2D eigenvalue weighted by atomic mass is 10.0. The molecule has 2 aromatic rings. The van der Waals surface area contributed by atoms with E-state index in [2.05, 4.69) is 38.7 Å². The molecule has 0 aliphatic carbocycles. The largest absolute Gasteiger partial charge is 0.337 e. The number of likely N-dealkylation sites (tertiary alicyclic amines) is 1. The van der Waals surface area contributed by atoms with Gasteiger partial charge in [-0.15, -0.1) is 0 Å². The van der Waals surface area contributed by atoms with Crippen LogP contribution in [-0.2, 0) is 6.54 Å². The Morgan fingerprint density at radius 3 is 2.71 bits per heavy atom. The number of rotatable bonds is 5. The summed E-state index contributed by atoms with van der Waals surface area (Å²) in [5, 5.41) is 3.57. The Labute approximate surface area is 142 Å². The summed E-state index contributed by atoms with van der Waals surface area (Å²) < 4.78 is 2.18. The summed E-state index contributed by atoms with van der Waals surface area (Å²) in [5.41, 5.74) is 0.419. The molecule has 1 saturated heterocycles. The SMILES string of the molecule is CC(C)n1ccnc1CNC1CCN(C(=O)c2cnccn2)CC1. The van der Waals surface area contributed by atoms with Crippen LogP contribution in [0.1, 0.15) is 49.0 Å². The lowest BCUT2D eigenvalue weighted by Gasteiger charge is -2.32. The lowest BCUT2D eigenvalue weighted by molar-refractivity contribution is 0.0698. The van der Waals surface area contributed by atoms with Crippen LogP contribution in [0.2, 0.25) is 0 Å². The van der Waals surface area contributed by atoms with E-state index in [-0.39, 0.29) is 5.91 Å². The van der Waals surface area contributed by atoms with Gasteiger partial charge in [0.2, 0.25) is 0 Å². The standard InChI is InChI=1S/C17H24N6O/c1-13(2)23-10-7-20-16(23)12-21-14-3-8-22(9-4-14)17(24)15-11-18-5-6-19-15/h5-7,10-11,13-14,21H,3-4,8-9,12H2,1-2H3. The first-order valence-electron chi connectivity index (χ1n) is 8.45. The molecule has 3 heterocycles. The van der Waals surface area contributed by atoms with Crippen molar-refractivity contribution in [3.63, 3.8) is 0 Å². The fourth-order valence-electron chi connectivity index (χ4n) is 3.04. The van der Waals surface area contributed by atoms with Crippen molar-refractivity contribution in [3.8, 4) is 0 Å². The lowest BCUT2D eigenvalue weighted by Crippen LogP contribution is -2.45. The van der Waals surface area contributed by atoms with Crippen LogP contribution in [0.25, 0.3) is 0 Å². The Morgan fingerprint density at radius 2 is 2.04 bits per heavy atom. The number of aromatic nitrogens is 4. The Kier molecular flexibility index (Phi) is 5.20. The first-order valence-corrected chi connectivity index (χ1v) is 8.45. The summed E-state index contributed by atoms with van der Waals surface area (Å²) in [7, 11) is 0. The van der Waals surface area contributed by atoms with Crippen molar-refractivity contribution in [3.05, 3.63) is 42.5 Å². The second-order valence-corrected chi connectivity index (χ2v) is 6.38. The molecule has 0 atom stereocenters. The third-order valence-corrected chi connectivity index (χ3v) is 4.42. The average Bonchev–Trinajstić information content (AvgIpc) is 3.09. The van der Waals surface area contributed by atoms with Crippen LogP contribution in [0.4, 0.5) is 0 Å². The molecule has 1 N–H and O–H groups in total. The van der Waals surface area contributed by atoms with Crippen molar-refractivity contribution in [1.82, 2.24) is 29.7 Å². The van der Waals surface area contributed by atoms with Gasteiger partial charge in [-0.05, 0) is 26.7 Å². The number of nitrogens with one attached hydrogen (secondary N) is 1. The van der Waals surface area contributed by atoms with Gasteiger partial charge in [-0.25, -0.2) is 9.97 Å². The summed E-state index contributed by atoms with van der Waals surface area (Å²) in [6.45, 7) is 6.55. The second-order valence-electron chi connectivity index (χ2n) is 6.38. The fourth-order valence-corrected chi connectivity index (χ4v) is 3.04. The molecule has 0 saturated carbocycles. The fraction of sp³-hybridized carbons (Fsp3) is 0.529. The van der Waals surface area contributed by atoms with Crippen molar-refractivity contribution in [2.45, 2.75) is 45.3 Å². The normalized spacial score (nSPS) is 15.9. The quantitative estimate of drug-likeness (QED) is 0.903. The molecule has 1 aliphatic heterocycles. The molecule has 1 aliphatic rings. The minimum Gasteiger partial charge on any atom is -0.337 e. The molecule has 7 nitrogen and oxygen atoms in total. The molecule has 3 rings (SSSR count). The monoisotopic (exact) mass is 328 g/mol. The topological polar surface area (TPSA) is 75.9 Å². The molecule has 0 radical (unpaired) electrons. The van der Waals surface area contributed by atoms with Gasteiger partial charge in [-0.2, -0.15) is 0 Å². The molecule has 24 heavy (non-hydrogen) atoms. The minimum absolute atomic E-state index is 0.0306. The number of piperidine rings is 1. The highest BCUT2D eigenvalue weighted by molar-refractivity contribution is 5.92. The Morgan fingerprint density at radius 1 is 1.25 bits per heavy atom. The Balaban J connectivity index is 1.49. The van der Waals surface area contributed by atoms with Crippen molar-refractivity contribution in [2.24, 2.45) is 0 Å². The summed E-state index contributed by atoms with van der Waals surface area (Å²) in [6, 6.07) is 0.823. The molecule has 2 aromatic heterocycles. The zero-order valence-corrected chi connectivity index (χ0v) is 14.2. The predicted molar refractivity (Wildman–Crippen MR) is 90.4 cm³/mol. The van der Waals surface area contributed by atoms with Crippen LogP contribution in [0, 0.1) is 0 Å². The molecule has 1 amide bonds. The summed E-state index contributed by atoms with van der Waals surface area (Å²) in [4.78, 5) is 26.7. The van der Waals surface area contributed by atoms with Gasteiger partial charge in [0.25, 0.3) is 5.91 Å². The van der Waals surface area contributed by atoms with Gasteiger partial charge in [0, 0.05) is 50.0 Å². The van der Waals surface area contributed by atoms with Crippen molar-refractivity contribution < 1.29 is 4.79 Å². The van der Waals surface area contributed by atoms with Gasteiger partial charge in [0.05, 0.1) is 12.7 Å². The highest BCUT2D eigenvalue weighted by atomic mass is 16.2. The van der Waals surface area contributed by atoms with Gasteiger partial charge in [0.15, 0.2) is 0 Å². The van der Waals surface area contributed by atoms with E-state index in [0.717, 1.165) is 38.3 Å². The van der Waals surface area contributed by atoms with Crippen molar-refractivity contribution in [2.75, 3.05) is 13.1 Å². The number of hydrogen-bond donors (Lipinski definition) is 1. The molecule has 0 aromatic carbocycles. The smallest absolute Gasteiger partial charge is 0.274 e. The number of carbonyl (C=O) groups is 1. The molecular formula is C17H24N6O. The van der Waals surface area contributed by atoms with Crippen LogP contribution in [-0.4, -0.2) is 49.5 Å². The Hall–Kier alpha value is -2.28. The molecule has 0 bridgehead atoms. The van der Waals surface area contributed by atoms with Crippen molar-refractivity contribution >= 4 is 5.91 Å². The van der Waals surface area contributed by atoms with E-state index < -0.39 is 0 Å².